The van der Waals surface area contributed by atoms with E-state index in [-0.39, 0.29) is 5.91 Å². The van der Waals surface area contributed by atoms with E-state index in [0.717, 1.165) is 5.57 Å². The molecule has 10 heavy (non-hydrogen) atoms. The average molecular weight is 140 g/mol. The zero-order chi connectivity index (χ0) is 7.56. The van der Waals surface area contributed by atoms with Crippen LogP contribution in [0.2, 0.25) is 0 Å². The number of hydrazine groups is 1. The molecule has 3 heteroatoms. The number of amides is 1. The number of nitrogens with one attached hydrogen (secondary N) is 1. The Kier molecular flexibility index (Phi) is 2.06. The summed E-state index contributed by atoms with van der Waals surface area (Å²) in [7, 11) is 0. The minimum absolute atomic E-state index is 0.204. The van der Waals surface area contributed by atoms with Crippen LogP contribution in [0.25, 0.3) is 0 Å². The van der Waals surface area contributed by atoms with Crippen LogP contribution >= 0.6 is 0 Å². The van der Waals surface area contributed by atoms with Crippen molar-refractivity contribution < 1.29 is 4.79 Å². The summed E-state index contributed by atoms with van der Waals surface area (Å²) in [5, 5.41) is 0. The van der Waals surface area contributed by atoms with Crippen LogP contribution < -0.4 is 11.3 Å². The first-order valence-corrected chi connectivity index (χ1v) is 3.43. The van der Waals surface area contributed by atoms with Crippen molar-refractivity contribution in [1.82, 2.24) is 5.43 Å². The molecular formula is C7H12N2O. The van der Waals surface area contributed by atoms with Gasteiger partial charge in [-0.25, -0.2) is 5.84 Å². The van der Waals surface area contributed by atoms with Gasteiger partial charge in [0.25, 0.3) is 5.91 Å². The molecule has 1 aliphatic carbocycles. The van der Waals surface area contributed by atoms with Gasteiger partial charge in [0.05, 0.1) is 0 Å². The van der Waals surface area contributed by atoms with Crippen LogP contribution in [-0.2, 0) is 4.79 Å². The van der Waals surface area contributed by atoms with Crippen LogP contribution in [0.15, 0.2) is 11.6 Å². The smallest absolute Gasteiger partial charge is 0.257 e. The number of allylic oxidation sites excluding steroid dienone is 1. The van der Waals surface area contributed by atoms with E-state index in [0.29, 0.717) is 5.92 Å². The highest BCUT2D eigenvalue weighted by Gasteiger charge is 2.23. The molecule has 0 atom stereocenters. The van der Waals surface area contributed by atoms with Gasteiger partial charge in [-0.15, -0.1) is 0 Å². The van der Waals surface area contributed by atoms with Crippen molar-refractivity contribution in [2.24, 2.45) is 11.8 Å². The zero-order valence-electron chi connectivity index (χ0n) is 6.05. The number of nitrogens with two attached hydrogens (primary N) is 1. The fraction of sp³-hybridized carbons (Fsp3) is 0.571. The summed E-state index contributed by atoms with van der Waals surface area (Å²) in [6.07, 6.45) is 4.01. The third-order valence-electron chi connectivity index (χ3n) is 1.72. The number of hydrogen-bond acceptors (Lipinski definition) is 2. The van der Waals surface area contributed by atoms with E-state index >= 15 is 0 Å². The third-order valence-corrected chi connectivity index (χ3v) is 1.72. The maximum atomic E-state index is 10.6. The lowest BCUT2D eigenvalue weighted by molar-refractivity contribution is -0.116. The predicted octanol–water partition coefficient (Wildman–Crippen LogP) is 0.333. The summed E-state index contributed by atoms with van der Waals surface area (Å²) in [4.78, 5) is 10.6. The molecule has 0 radical (unpaired) electrons. The normalized spacial score (nSPS) is 18.8. The Hall–Kier alpha value is -0.830. The van der Waals surface area contributed by atoms with Crippen LogP contribution in [0.5, 0.6) is 0 Å². The van der Waals surface area contributed by atoms with E-state index in [4.69, 9.17) is 5.84 Å². The van der Waals surface area contributed by atoms with Gasteiger partial charge >= 0.3 is 0 Å². The molecule has 3 N–H and O–H groups in total. The highest BCUT2D eigenvalue weighted by Crippen LogP contribution is 2.35. The monoisotopic (exact) mass is 140 g/mol. The maximum Gasteiger partial charge on any atom is 0.257 e. The van der Waals surface area contributed by atoms with E-state index in [1.54, 1.807) is 6.08 Å². The van der Waals surface area contributed by atoms with E-state index < -0.39 is 0 Å². The largest absolute Gasteiger partial charge is 0.291 e. The van der Waals surface area contributed by atoms with E-state index in [9.17, 15) is 4.79 Å². The van der Waals surface area contributed by atoms with Gasteiger partial charge in [0.15, 0.2) is 0 Å². The summed E-state index contributed by atoms with van der Waals surface area (Å²) in [6, 6.07) is 0. The first-order chi connectivity index (χ1) is 4.74. The van der Waals surface area contributed by atoms with Crippen LogP contribution in [0.1, 0.15) is 19.8 Å². The molecule has 1 rings (SSSR count). The van der Waals surface area contributed by atoms with Crippen LogP contribution in [0.3, 0.4) is 0 Å². The number of hydrogen-bond donors (Lipinski definition) is 2. The van der Waals surface area contributed by atoms with Gasteiger partial charge in [-0.05, 0) is 25.7 Å². The molecule has 1 amide bonds. The second-order valence-corrected chi connectivity index (χ2v) is 2.67. The minimum Gasteiger partial charge on any atom is -0.291 e. The first kappa shape index (κ1) is 7.28. The van der Waals surface area contributed by atoms with Gasteiger partial charge in [-0.1, -0.05) is 5.57 Å². The molecule has 1 fully saturated rings. The molecular weight excluding hydrogens is 128 g/mol. The first-order valence-electron chi connectivity index (χ1n) is 3.43. The number of rotatable bonds is 2. The van der Waals surface area contributed by atoms with Gasteiger partial charge < -0.3 is 0 Å². The van der Waals surface area contributed by atoms with Gasteiger partial charge in [-0.3, -0.25) is 10.2 Å². The standard InChI is InChI=1S/C7H12N2O/c1-5(6-2-3-6)4-7(10)9-8/h4,6H,2-3,8H2,1H3,(H,9,10)/b5-4+. The van der Waals surface area contributed by atoms with Crippen molar-refractivity contribution in [3.63, 3.8) is 0 Å². The van der Waals surface area contributed by atoms with Crippen LogP contribution in [0, 0.1) is 5.92 Å². The summed E-state index contributed by atoms with van der Waals surface area (Å²) in [5.41, 5.74) is 3.20. The molecule has 0 aromatic rings. The number of carbonyl (C=O) groups is 1. The SMILES string of the molecule is C/C(=C\C(=O)NN)C1CC1. The topological polar surface area (TPSA) is 55.1 Å². The minimum atomic E-state index is -0.204. The van der Waals surface area contributed by atoms with Gasteiger partial charge in [-0.2, -0.15) is 0 Å². The predicted molar refractivity (Wildman–Crippen MR) is 38.8 cm³/mol. The van der Waals surface area contributed by atoms with E-state index in [1.807, 2.05) is 6.92 Å². The molecule has 0 aromatic heterocycles. The highest BCUT2D eigenvalue weighted by atomic mass is 16.2. The average Bonchev–Trinajstić information content (AvgIpc) is 2.68. The Balaban J connectivity index is 2.43. The molecule has 0 unspecified atom stereocenters. The van der Waals surface area contributed by atoms with E-state index in [2.05, 4.69) is 5.43 Å². The maximum absolute atomic E-state index is 10.6. The Bertz CT molecular complexity index is 170. The molecule has 1 saturated carbocycles. The second-order valence-electron chi connectivity index (χ2n) is 2.67. The van der Waals surface area contributed by atoms with Gasteiger partial charge in [0.2, 0.25) is 0 Å². The molecule has 0 saturated heterocycles. The summed E-state index contributed by atoms with van der Waals surface area (Å²) in [6.45, 7) is 1.97. The Morgan fingerprint density at radius 2 is 2.30 bits per heavy atom. The lowest BCUT2D eigenvalue weighted by Crippen LogP contribution is -2.28. The molecule has 56 valence electrons. The molecule has 0 aliphatic heterocycles. The summed E-state index contributed by atoms with van der Waals surface area (Å²) in [5.74, 6) is 5.34. The lowest BCUT2D eigenvalue weighted by Gasteiger charge is -1.94. The van der Waals surface area contributed by atoms with Crippen LogP contribution in [-0.4, -0.2) is 5.91 Å². The quantitative estimate of drug-likeness (QED) is 0.251. The molecule has 0 heterocycles. The summed E-state index contributed by atoms with van der Waals surface area (Å²) >= 11 is 0. The van der Waals surface area contributed by atoms with Gasteiger partial charge in [0.1, 0.15) is 0 Å². The molecule has 1 aliphatic rings. The van der Waals surface area contributed by atoms with Crippen molar-refractivity contribution >= 4 is 5.91 Å². The molecule has 3 nitrogen and oxygen atoms in total. The molecule has 0 bridgehead atoms. The zero-order valence-corrected chi connectivity index (χ0v) is 6.05. The second kappa shape index (κ2) is 2.84. The van der Waals surface area contributed by atoms with Crippen molar-refractivity contribution in [3.05, 3.63) is 11.6 Å². The van der Waals surface area contributed by atoms with Crippen molar-refractivity contribution in [3.8, 4) is 0 Å². The van der Waals surface area contributed by atoms with Crippen molar-refractivity contribution in [2.45, 2.75) is 19.8 Å². The lowest BCUT2D eigenvalue weighted by atomic mass is 10.2. The Morgan fingerprint density at radius 3 is 2.70 bits per heavy atom. The summed E-state index contributed by atoms with van der Waals surface area (Å²) < 4.78 is 0. The van der Waals surface area contributed by atoms with Crippen molar-refractivity contribution in [1.29, 1.82) is 0 Å². The Labute approximate surface area is 60.3 Å². The highest BCUT2D eigenvalue weighted by molar-refractivity contribution is 5.87. The number of carbonyl (C=O) groups excluding carboxylic acids is 1. The van der Waals surface area contributed by atoms with Crippen molar-refractivity contribution in [2.75, 3.05) is 0 Å². The third kappa shape index (κ3) is 1.84. The molecule has 0 aromatic carbocycles. The van der Waals surface area contributed by atoms with Crippen LogP contribution in [0.4, 0.5) is 0 Å². The fourth-order valence-electron chi connectivity index (χ4n) is 0.905. The van der Waals surface area contributed by atoms with E-state index in [1.165, 1.54) is 12.8 Å². The fourth-order valence-corrected chi connectivity index (χ4v) is 0.905. The van der Waals surface area contributed by atoms with Gasteiger partial charge in [0, 0.05) is 6.08 Å². The molecule has 0 spiro atoms. The Morgan fingerprint density at radius 1 is 1.70 bits per heavy atom.